The standard InChI is InChI=1S/C16H26/c1-5-7-9-13(3)10-11-14(4)16-12-15(16)8-6-2/h5,7,13-14H,6,8-11H2,1-4H3. The molecule has 0 aromatic heterocycles. The zero-order valence-electron chi connectivity index (χ0n) is 11.3. The highest BCUT2D eigenvalue weighted by Gasteiger charge is 2.20. The van der Waals surface area contributed by atoms with Crippen molar-refractivity contribution in [3.8, 4) is 0 Å². The molecule has 0 bridgehead atoms. The molecule has 2 atom stereocenters. The van der Waals surface area contributed by atoms with E-state index < -0.39 is 0 Å². The first-order chi connectivity index (χ1) is 7.69. The smallest absolute Gasteiger partial charge is 0.00803 e. The van der Waals surface area contributed by atoms with Gasteiger partial charge in [-0.1, -0.05) is 39.3 Å². The van der Waals surface area contributed by atoms with Gasteiger partial charge in [0.25, 0.3) is 0 Å². The molecule has 1 aliphatic rings. The summed E-state index contributed by atoms with van der Waals surface area (Å²) >= 11 is 0. The average molecular weight is 218 g/mol. The summed E-state index contributed by atoms with van der Waals surface area (Å²) < 4.78 is 0. The van der Waals surface area contributed by atoms with Crippen LogP contribution in [0.5, 0.6) is 0 Å². The molecule has 0 radical (unpaired) electrons. The predicted molar refractivity (Wildman–Crippen MR) is 72.4 cm³/mol. The summed E-state index contributed by atoms with van der Waals surface area (Å²) in [4.78, 5) is 0. The maximum atomic E-state index is 3.46. The minimum atomic E-state index is 0.745. The van der Waals surface area contributed by atoms with Gasteiger partial charge in [-0.15, -0.1) is 5.73 Å². The number of hydrogen-bond acceptors (Lipinski definition) is 0. The highest BCUT2D eigenvalue weighted by atomic mass is 14.2. The molecule has 2 unspecified atom stereocenters. The van der Waals surface area contributed by atoms with Gasteiger partial charge in [0.2, 0.25) is 0 Å². The van der Waals surface area contributed by atoms with E-state index in [1.807, 2.05) is 0 Å². The first-order valence-electron chi connectivity index (χ1n) is 6.80. The second-order valence-electron chi connectivity index (χ2n) is 5.16. The first kappa shape index (κ1) is 13.3. The average Bonchev–Trinajstić information content (AvgIpc) is 3.03. The molecule has 90 valence electrons. The summed E-state index contributed by atoms with van der Waals surface area (Å²) in [5.41, 5.74) is 6.52. The number of allylic oxidation sites excluding steroid dienone is 3. The molecule has 0 fully saturated rings. The van der Waals surface area contributed by atoms with Gasteiger partial charge in [0, 0.05) is 11.1 Å². The molecule has 1 rings (SSSR count). The number of rotatable bonds is 8. The Balaban J connectivity index is 2.12. The molecule has 1 aliphatic carbocycles. The van der Waals surface area contributed by atoms with Gasteiger partial charge in [-0.2, -0.15) is 0 Å². The Morgan fingerprint density at radius 1 is 1.25 bits per heavy atom. The highest BCUT2D eigenvalue weighted by Crippen LogP contribution is 2.35. The van der Waals surface area contributed by atoms with Gasteiger partial charge in [-0.05, 0) is 44.4 Å². The van der Waals surface area contributed by atoms with Crippen LogP contribution in [0.4, 0.5) is 0 Å². The van der Waals surface area contributed by atoms with Crippen LogP contribution in [-0.2, 0) is 0 Å². The van der Waals surface area contributed by atoms with Crippen molar-refractivity contribution in [3.05, 3.63) is 29.0 Å². The second kappa shape index (κ2) is 6.76. The van der Waals surface area contributed by atoms with E-state index in [1.54, 1.807) is 5.57 Å². The molecule has 0 saturated carbocycles. The maximum Gasteiger partial charge on any atom is 0.00803 e. The van der Waals surface area contributed by atoms with Crippen LogP contribution in [-0.4, -0.2) is 0 Å². The predicted octanol–water partition coefficient (Wildman–Crippen LogP) is 5.27. The molecule has 0 N–H and O–H groups in total. The Bertz CT molecular complexity index is 300. The Labute approximate surface area is 101 Å². The van der Waals surface area contributed by atoms with E-state index in [1.165, 1.54) is 37.7 Å². The fourth-order valence-electron chi connectivity index (χ4n) is 2.16. The van der Waals surface area contributed by atoms with Crippen LogP contribution in [0.25, 0.3) is 0 Å². The molecule has 0 aromatic carbocycles. The Kier molecular flexibility index (Phi) is 5.63. The van der Waals surface area contributed by atoms with Crippen molar-refractivity contribution in [2.75, 3.05) is 0 Å². The molecule has 0 aromatic rings. The van der Waals surface area contributed by atoms with Crippen molar-refractivity contribution in [2.24, 2.45) is 11.8 Å². The lowest BCUT2D eigenvalue weighted by Crippen LogP contribution is -2.00. The van der Waals surface area contributed by atoms with Crippen molar-refractivity contribution in [3.63, 3.8) is 0 Å². The molecule has 0 heterocycles. The first-order valence-corrected chi connectivity index (χ1v) is 6.80. The minimum Gasteiger partial charge on any atom is -0.112 e. The number of hydrogen-bond donors (Lipinski definition) is 0. The third kappa shape index (κ3) is 4.41. The molecule has 0 nitrogen and oxygen atoms in total. The summed E-state index contributed by atoms with van der Waals surface area (Å²) in [7, 11) is 0. The van der Waals surface area contributed by atoms with Gasteiger partial charge in [0.15, 0.2) is 0 Å². The van der Waals surface area contributed by atoms with E-state index in [9.17, 15) is 0 Å². The van der Waals surface area contributed by atoms with Crippen molar-refractivity contribution in [1.82, 2.24) is 0 Å². The van der Waals surface area contributed by atoms with E-state index in [0.29, 0.717) is 0 Å². The fraction of sp³-hybridized carbons (Fsp3) is 0.688. The van der Waals surface area contributed by atoms with Crippen LogP contribution in [0.15, 0.2) is 29.0 Å². The molecule has 16 heavy (non-hydrogen) atoms. The van der Waals surface area contributed by atoms with Crippen molar-refractivity contribution >= 4 is 0 Å². The third-order valence-electron chi connectivity index (χ3n) is 3.41. The van der Waals surface area contributed by atoms with Crippen molar-refractivity contribution < 1.29 is 0 Å². The lowest BCUT2D eigenvalue weighted by atomic mass is 9.92. The zero-order chi connectivity index (χ0) is 12.0. The lowest BCUT2D eigenvalue weighted by Gasteiger charge is -2.12. The molecule has 0 aliphatic heterocycles. The molecular formula is C16H26. The normalized spacial score (nSPS) is 18.2. The van der Waals surface area contributed by atoms with Gasteiger partial charge in [-0.25, -0.2) is 0 Å². The molecule has 0 amide bonds. The Morgan fingerprint density at radius 2 is 2.00 bits per heavy atom. The minimum absolute atomic E-state index is 0.745. The fourth-order valence-corrected chi connectivity index (χ4v) is 2.16. The van der Waals surface area contributed by atoms with Crippen LogP contribution in [0, 0.1) is 11.8 Å². The van der Waals surface area contributed by atoms with E-state index in [2.05, 4.69) is 45.6 Å². The van der Waals surface area contributed by atoms with E-state index in [0.717, 1.165) is 11.8 Å². The van der Waals surface area contributed by atoms with Crippen LogP contribution in [0.1, 0.15) is 59.8 Å². The molecular weight excluding hydrogens is 192 g/mol. The van der Waals surface area contributed by atoms with Crippen molar-refractivity contribution in [1.29, 1.82) is 0 Å². The second-order valence-corrected chi connectivity index (χ2v) is 5.16. The van der Waals surface area contributed by atoms with Gasteiger partial charge < -0.3 is 0 Å². The largest absolute Gasteiger partial charge is 0.112 e. The topological polar surface area (TPSA) is 0 Å². The van der Waals surface area contributed by atoms with Gasteiger partial charge in [-0.3, -0.25) is 0 Å². The summed E-state index contributed by atoms with van der Waals surface area (Å²) in [6.45, 7) is 9.06. The summed E-state index contributed by atoms with van der Waals surface area (Å²) in [5, 5.41) is 0. The third-order valence-corrected chi connectivity index (χ3v) is 3.41. The Morgan fingerprint density at radius 3 is 2.62 bits per heavy atom. The summed E-state index contributed by atoms with van der Waals surface area (Å²) in [5.74, 6) is 1.57. The van der Waals surface area contributed by atoms with Gasteiger partial charge in [0.1, 0.15) is 0 Å². The van der Waals surface area contributed by atoms with Crippen LogP contribution in [0.3, 0.4) is 0 Å². The monoisotopic (exact) mass is 218 g/mol. The van der Waals surface area contributed by atoms with E-state index >= 15 is 0 Å². The summed E-state index contributed by atoms with van der Waals surface area (Å²) in [6, 6.07) is 0. The molecule has 0 spiro atoms. The van der Waals surface area contributed by atoms with Crippen LogP contribution in [0.2, 0.25) is 0 Å². The van der Waals surface area contributed by atoms with Crippen LogP contribution >= 0.6 is 0 Å². The lowest BCUT2D eigenvalue weighted by molar-refractivity contribution is 0.469. The van der Waals surface area contributed by atoms with Gasteiger partial charge in [0.05, 0.1) is 0 Å². The SMILES string of the molecule is CC=CCC(C)CCC(C)C1=C=C1CCC. The highest BCUT2D eigenvalue weighted by molar-refractivity contribution is 5.45. The van der Waals surface area contributed by atoms with Crippen molar-refractivity contribution in [2.45, 2.75) is 59.8 Å². The van der Waals surface area contributed by atoms with E-state index in [4.69, 9.17) is 0 Å². The van der Waals surface area contributed by atoms with Crippen LogP contribution < -0.4 is 0 Å². The quantitative estimate of drug-likeness (QED) is 0.384. The molecule has 0 saturated heterocycles. The zero-order valence-corrected chi connectivity index (χ0v) is 11.3. The molecule has 0 heteroatoms. The summed E-state index contributed by atoms with van der Waals surface area (Å²) in [6.07, 6.45) is 10.8. The van der Waals surface area contributed by atoms with Gasteiger partial charge >= 0.3 is 0 Å². The Hall–Kier alpha value is -0.740. The van der Waals surface area contributed by atoms with E-state index in [-0.39, 0.29) is 0 Å². The maximum absolute atomic E-state index is 3.46.